The molecule has 0 atom stereocenters. The Balaban J connectivity index is 1.79. The van der Waals surface area contributed by atoms with E-state index in [1.807, 2.05) is 30.3 Å². The van der Waals surface area contributed by atoms with E-state index in [2.05, 4.69) is 10.2 Å². The summed E-state index contributed by atoms with van der Waals surface area (Å²) in [6.07, 6.45) is 0.0469. The highest BCUT2D eigenvalue weighted by Gasteiger charge is 2.19. The van der Waals surface area contributed by atoms with Gasteiger partial charge < -0.3 is 4.74 Å². The molecule has 0 N–H and O–H groups in total. The molecule has 1 aromatic heterocycles. The zero-order chi connectivity index (χ0) is 18.5. The van der Waals surface area contributed by atoms with Crippen molar-refractivity contribution in [1.82, 2.24) is 10.2 Å². The Labute approximate surface area is 153 Å². The van der Waals surface area contributed by atoms with Crippen LogP contribution in [0.2, 0.25) is 0 Å². The van der Waals surface area contributed by atoms with Crippen LogP contribution in [0.5, 0.6) is 0 Å². The fraction of sp³-hybridized carbons (Fsp3) is 0.167. The lowest BCUT2D eigenvalue weighted by Gasteiger charge is -2.04. The van der Waals surface area contributed by atoms with E-state index in [0.717, 1.165) is 10.6 Å². The minimum Gasteiger partial charge on any atom is -0.380 e. The number of ketones is 1. The molecule has 7 nitrogen and oxygen atoms in total. The van der Waals surface area contributed by atoms with Crippen LogP contribution in [0.4, 0.5) is 5.69 Å². The molecule has 0 fully saturated rings. The molecule has 0 amide bonds. The SMILES string of the molecule is COCc1ccc(C(=O)Cc2nnc(-c3ccccc3)s2)cc1[N+](=O)[O-]. The van der Waals surface area contributed by atoms with Crippen molar-refractivity contribution in [3.63, 3.8) is 0 Å². The lowest BCUT2D eigenvalue weighted by molar-refractivity contribution is -0.385. The van der Waals surface area contributed by atoms with Crippen LogP contribution in [0.15, 0.2) is 48.5 Å². The third-order valence-corrected chi connectivity index (χ3v) is 4.68. The first-order valence-electron chi connectivity index (χ1n) is 7.75. The third-order valence-electron chi connectivity index (χ3n) is 3.70. The summed E-state index contributed by atoms with van der Waals surface area (Å²) in [5.41, 5.74) is 1.51. The van der Waals surface area contributed by atoms with Gasteiger partial charge in [-0.25, -0.2) is 0 Å². The number of carbonyl (C=O) groups is 1. The van der Waals surface area contributed by atoms with Gasteiger partial charge in [0.1, 0.15) is 10.0 Å². The Hall–Kier alpha value is -2.97. The van der Waals surface area contributed by atoms with Crippen molar-refractivity contribution < 1.29 is 14.5 Å². The third kappa shape index (κ3) is 3.98. The van der Waals surface area contributed by atoms with Crippen LogP contribution in [0, 0.1) is 10.1 Å². The molecule has 26 heavy (non-hydrogen) atoms. The van der Waals surface area contributed by atoms with Gasteiger partial charge in [-0.2, -0.15) is 0 Å². The Morgan fingerprint density at radius 3 is 2.65 bits per heavy atom. The Bertz CT molecular complexity index is 941. The first-order chi connectivity index (χ1) is 12.6. The Morgan fingerprint density at radius 1 is 1.19 bits per heavy atom. The maximum absolute atomic E-state index is 12.5. The number of aromatic nitrogens is 2. The van der Waals surface area contributed by atoms with Crippen molar-refractivity contribution in [2.75, 3.05) is 7.11 Å². The van der Waals surface area contributed by atoms with Gasteiger partial charge in [0.15, 0.2) is 5.78 Å². The molecule has 3 aromatic rings. The molecule has 0 aliphatic rings. The predicted molar refractivity (Wildman–Crippen MR) is 97.2 cm³/mol. The molecule has 3 rings (SSSR count). The summed E-state index contributed by atoms with van der Waals surface area (Å²) in [5, 5.41) is 20.7. The van der Waals surface area contributed by atoms with E-state index in [1.54, 1.807) is 12.1 Å². The van der Waals surface area contributed by atoms with Crippen LogP contribution in [-0.4, -0.2) is 28.0 Å². The molecule has 8 heteroatoms. The fourth-order valence-electron chi connectivity index (χ4n) is 2.45. The van der Waals surface area contributed by atoms with E-state index >= 15 is 0 Å². The number of ether oxygens (including phenoxy) is 1. The smallest absolute Gasteiger partial charge is 0.275 e. The highest BCUT2D eigenvalue weighted by atomic mass is 32.1. The van der Waals surface area contributed by atoms with Crippen molar-refractivity contribution in [3.05, 3.63) is 74.8 Å². The summed E-state index contributed by atoms with van der Waals surface area (Å²) in [7, 11) is 1.46. The highest BCUT2D eigenvalue weighted by molar-refractivity contribution is 7.14. The minimum atomic E-state index is -0.510. The van der Waals surface area contributed by atoms with Crippen molar-refractivity contribution in [3.8, 4) is 10.6 Å². The van der Waals surface area contributed by atoms with E-state index in [4.69, 9.17) is 4.74 Å². The molecule has 0 saturated carbocycles. The molecular formula is C18H15N3O4S. The second kappa shape index (κ2) is 7.94. The molecule has 0 radical (unpaired) electrons. The number of nitro benzene ring substituents is 1. The van der Waals surface area contributed by atoms with Gasteiger partial charge in [-0.15, -0.1) is 10.2 Å². The fourth-order valence-corrected chi connectivity index (χ4v) is 3.29. The van der Waals surface area contributed by atoms with Crippen molar-refractivity contribution in [2.45, 2.75) is 13.0 Å². The van der Waals surface area contributed by atoms with Crippen LogP contribution in [-0.2, 0) is 17.8 Å². The quantitative estimate of drug-likeness (QED) is 0.358. The summed E-state index contributed by atoms with van der Waals surface area (Å²) in [4.78, 5) is 23.2. The molecule has 0 aliphatic carbocycles. The average Bonchev–Trinajstić information content (AvgIpc) is 3.11. The number of hydrogen-bond donors (Lipinski definition) is 0. The van der Waals surface area contributed by atoms with Crippen molar-refractivity contribution in [2.24, 2.45) is 0 Å². The molecule has 2 aromatic carbocycles. The van der Waals surface area contributed by atoms with Crippen LogP contribution in [0.3, 0.4) is 0 Å². The zero-order valence-corrected chi connectivity index (χ0v) is 14.7. The minimum absolute atomic E-state index is 0.0469. The maximum Gasteiger partial charge on any atom is 0.275 e. The van der Waals surface area contributed by atoms with E-state index < -0.39 is 4.92 Å². The number of nitro groups is 1. The van der Waals surface area contributed by atoms with Gasteiger partial charge in [-0.1, -0.05) is 47.7 Å². The molecule has 0 saturated heterocycles. The van der Waals surface area contributed by atoms with Crippen LogP contribution in [0.1, 0.15) is 20.9 Å². The predicted octanol–water partition coefficient (Wildman–Crippen LogP) is 3.69. The number of Topliss-reactive ketones (excluding diaryl/α,β-unsaturated/α-hetero) is 1. The lowest BCUT2D eigenvalue weighted by atomic mass is 10.0. The van der Waals surface area contributed by atoms with Gasteiger partial charge in [0.05, 0.1) is 23.5 Å². The largest absolute Gasteiger partial charge is 0.380 e. The van der Waals surface area contributed by atoms with Gasteiger partial charge >= 0.3 is 0 Å². The van der Waals surface area contributed by atoms with Gasteiger partial charge in [0.2, 0.25) is 0 Å². The summed E-state index contributed by atoms with van der Waals surface area (Å²) >= 11 is 1.33. The van der Waals surface area contributed by atoms with E-state index in [0.29, 0.717) is 10.6 Å². The lowest BCUT2D eigenvalue weighted by Crippen LogP contribution is -2.06. The molecular weight excluding hydrogens is 354 g/mol. The summed E-state index contributed by atoms with van der Waals surface area (Å²) in [6, 6.07) is 14.0. The number of methoxy groups -OCH3 is 1. The van der Waals surface area contributed by atoms with Crippen molar-refractivity contribution in [1.29, 1.82) is 0 Å². The van der Waals surface area contributed by atoms with Crippen molar-refractivity contribution >= 4 is 22.8 Å². The summed E-state index contributed by atoms with van der Waals surface area (Å²) < 4.78 is 4.95. The van der Waals surface area contributed by atoms with Gasteiger partial charge in [0.25, 0.3) is 5.69 Å². The second-order valence-electron chi connectivity index (χ2n) is 5.50. The van der Waals surface area contributed by atoms with E-state index in [9.17, 15) is 14.9 Å². The maximum atomic E-state index is 12.5. The molecule has 0 unspecified atom stereocenters. The van der Waals surface area contributed by atoms with Crippen LogP contribution in [0.25, 0.3) is 10.6 Å². The molecule has 0 aliphatic heterocycles. The molecule has 0 spiro atoms. The first kappa shape index (κ1) is 17.8. The Kier molecular flexibility index (Phi) is 5.45. The van der Waals surface area contributed by atoms with Crippen LogP contribution < -0.4 is 0 Å². The monoisotopic (exact) mass is 369 g/mol. The number of hydrogen-bond acceptors (Lipinski definition) is 7. The van der Waals surface area contributed by atoms with E-state index in [1.165, 1.54) is 24.5 Å². The summed E-state index contributed by atoms with van der Waals surface area (Å²) in [6.45, 7) is 0.113. The second-order valence-corrected chi connectivity index (χ2v) is 6.56. The zero-order valence-electron chi connectivity index (χ0n) is 13.9. The topological polar surface area (TPSA) is 95.2 Å². The number of carbonyl (C=O) groups excluding carboxylic acids is 1. The standard InChI is InChI=1S/C18H15N3O4S/c1-25-11-14-8-7-13(9-15(14)21(23)24)16(22)10-17-19-20-18(26-17)12-5-3-2-4-6-12/h2-9H,10-11H2,1H3. The summed E-state index contributed by atoms with van der Waals surface area (Å²) in [5.74, 6) is -0.243. The van der Waals surface area contributed by atoms with Gasteiger partial charge in [-0.3, -0.25) is 14.9 Å². The first-order valence-corrected chi connectivity index (χ1v) is 8.57. The Morgan fingerprint density at radius 2 is 1.96 bits per heavy atom. The van der Waals surface area contributed by atoms with Gasteiger partial charge in [-0.05, 0) is 6.07 Å². The number of benzene rings is 2. The number of nitrogens with zero attached hydrogens (tertiary/aromatic N) is 3. The normalized spacial score (nSPS) is 10.7. The highest BCUT2D eigenvalue weighted by Crippen LogP contribution is 2.25. The number of rotatable bonds is 7. The molecule has 132 valence electrons. The molecule has 1 heterocycles. The van der Waals surface area contributed by atoms with Gasteiger partial charge in [0, 0.05) is 24.3 Å². The van der Waals surface area contributed by atoms with E-state index in [-0.39, 0.29) is 30.1 Å². The van der Waals surface area contributed by atoms with Crippen LogP contribution >= 0.6 is 11.3 Å². The molecule has 0 bridgehead atoms. The average molecular weight is 369 g/mol.